The van der Waals surface area contributed by atoms with Crippen molar-refractivity contribution in [2.24, 2.45) is 0 Å². The van der Waals surface area contributed by atoms with Crippen LogP contribution < -0.4 is 14.4 Å². The van der Waals surface area contributed by atoms with Gasteiger partial charge in [-0.1, -0.05) is 6.07 Å². The molecule has 0 amide bonds. The lowest BCUT2D eigenvalue weighted by molar-refractivity contribution is -0.159. The number of nitrogens with zero attached hydrogens (tertiary/aromatic N) is 3. The number of anilines is 2. The summed E-state index contributed by atoms with van der Waals surface area (Å²) in [5, 5.41) is 0. The van der Waals surface area contributed by atoms with Crippen molar-refractivity contribution in [1.82, 2.24) is 9.97 Å². The zero-order valence-electron chi connectivity index (χ0n) is 16.0. The molecule has 0 bridgehead atoms. The predicted octanol–water partition coefficient (Wildman–Crippen LogP) is 5.38. The van der Waals surface area contributed by atoms with Crippen LogP contribution in [0.2, 0.25) is 0 Å². The molecule has 11 heteroatoms. The van der Waals surface area contributed by atoms with E-state index in [1.54, 1.807) is 24.3 Å². The van der Waals surface area contributed by atoms with Crippen molar-refractivity contribution in [3.63, 3.8) is 0 Å². The van der Waals surface area contributed by atoms with E-state index in [9.17, 15) is 26.3 Å². The zero-order chi connectivity index (χ0) is 22.0. The molecule has 1 aromatic heterocycles. The van der Waals surface area contributed by atoms with E-state index in [0.717, 1.165) is 0 Å². The standard InChI is InChI=1S/C18H19F6N3O2/c1-16(2,3)29-12-7-5-6-11(8-12)27(4)15-25-9-13(18(22,23)24)14(26-15)28-10-17(19,20)21/h5-9H,10H2,1-4H3. The molecule has 0 saturated heterocycles. The minimum absolute atomic E-state index is 0.275. The summed E-state index contributed by atoms with van der Waals surface area (Å²) in [4.78, 5) is 8.48. The Hall–Kier alpha value is -2.72. The average molecular weight is 423 g/mol. The van der Waals surface area contributed by atoms with Crippen molar-refractivity contribution in [2.75, 3.05) is 18.6 Å². The average Bonchev–Trinajstić information content (AvgIpc) is 2.56. The first-order valence-corrected chi connectivity index (χ1v) is 8.32. The molecule has 0 aliphatic heterocycles. The van der Waals surface area contributed by atoms with Gasteiger partial charge in [-0.2, -0.15) is 31.3 Å². The van der Waals surface area contributed by atoms with E-state index in [1.807, 2.05) is 20.8 Å². The van der Waals surface area contributed by atoms with Crippen LogP contribution >= 0.6 is 0 Å². The molecule has 0 aliphatic carbocycles. The van der Waals surface area contributed by atoms with Crippen molar-refractivity contribution in [1.29, 1.82) is 0 Å². The molecular formula is C18H19F6N3O2. The van der Waals surface area contributed by atoms with Crippen molar-refractivity contribution >= 4 is 11.6 Å². The maximum absolute atomic E-state index is 13.1. The number of ether oxygens (including phenoxy) is 2. The van der Waals surface area contributed by atoms with E-state index in [4.69, 9.17) is 4.74 Å². The summed E-state index contributed by atoms with van der Waals surface area (Å²) in [5.74, 6) is -0.987. The first-order chi connectivity index (χ1) is 13.2. The van der Waals surface area contributed by atoms with Crippen molar-refractivity contribution < 1.29 is 35.8 Å². The lowest BCUT2D eigenvalue weighted by Crippen LogP contribution is -2.23. The molecule has 0 N–H and O–H groups in total. The maximum Gasteiger partial charge on any atom is 0.423 e. The Kier molecular flexibility index (Phi) is 6.19. The summed E-state index contributed by atoms with van der Waals surface area (Å²) < 4.78 is 86.4. The number of rotatable bonds is 5. The number of alkyl halides is 6. The molecule has 0 radical (unpaired) electrons. The molecule has 0 fully saturated rings. The Bertz CT molecular complexity index is 847. The quantitative estimate of drug-likeness (QED) is 0.605. The summed E-state index contributed by atoms with van der Waals surface area (Å²) in [6, 6.07) is 6.56. The third-order valence-electron chi connectivity index (χ3n) is 3.35. The molecule has 160 valence electrons. The lowest BCUT2D eigenvalue weighted by atomic mass is 10.2. The van der Waals surface area contributed by atoms with Gasteiger partial charge in [0.15, 0.2) is 6.61 Å². The number of halogens is 6. The van der Waals surface area contributed by atoms with Gasteiger partial charge in [-0.05, 0) is 32.9 Å². The van der Waals surface area contributed by atoms with Gasteiger partial charge < -0.3 is 14.4 Å². The molecule has 0 unspecified atom stereocenters. The van der Waals surface area contributed by atoms with Crippen LogP contribution in [0.4, 0.5) is 38.0 Å². The molecule has 0 saturated carbocycles. The second kappa shape index (κ2) is 7.96. The van der Waals surface area contributed by atoms with E-state index < -0.39 is 36.0 Å². The lowest BCUT2D eigenvalue weighted by Gasteiger charge is -2.23. The van der Waals surface area contributed by atoms with Gasteiger partial charge in [-0.3, -0.25) is 0 Å². The summed E-state index contributed by atoms with van der Waals surface area (Å²) in [5.41, 5.74) is -1.53. The topological polar surface area (TPSA) is 47.5 Å². The normalized spacial score (nSPS) is 12.6. The molecule has 0 spiro atoms. The Morgan fingerprint density at radius 1 is 1.03 bits per heavy atom. The molecule has 29 heavy (non-hydrogen) atoms. The number of aromatic nitrogens is 2. The molecule has 0 aliphatic rings. The van der Waals surface area contributed by atoms with E-state index in [2.05, 4.69) is 14.7 Å². The Balaban J connectivity index is 2.37. The molecule has 0 atom stereocenters. The molecule has 1 heterocycles. The summed E-state index contributed by atoms with van der Waals surface area (Å²) in [6.07, 6.45) is -9.41. The van der Waals surface area contributed by atoms with Gasteiger partial charge in [-0.15, -0.1) is 0 Å². The number of benzene rings is 1. The fourth-order valence-corrected chi connectivity index (χ4v) is 2.20. The SMILES string of the molecule is CN(c1cccc(OC(C)(C)C)c1)c1ncc(C(F)(F)F)c(OCC(F)(F)F)n1. The van der Waals surface area contributed by atoms with Crippen LogP contribution in [0.5, 0.6) is 11.6 Å². The minimum Gasteiger partial charge on any atom is -0.488 e. The smallest absolute Gasteiger partial charge is 0.423 e. The minimum atomic E-state index is -4.97. The van der Waals surface area contributed by atoms with Gasteiger partial charge in [-0.25, -0.2) is 4.98 Å². The number of hydrogen-bond donors (Lipinski definition) is 0. The third kappa shape index (κ3) is 6.68. The van der Waals surface area contributed by atoms with Crippen LogP contribution in [-0.4, -0.2) is 35.4 Å². The maximum atomic E-state index is 13.1. The monoisotopic (exact) mass is 423 g/mol. The summed E-state index contributed by atoms with van der Waals surface area (Å²) in [6.45, 7) is 3.61. The van der Waals surface area contributed by atoms with Gasteiger partial charge in [0, 0.05) is 25.0 Å². The summed E-state index contributed by atoms with van der Waals surface area (Å²) >= 11 is 0. The van der Waals surface area contributed by atoms with E-state index in [-0.39, 0.29) is 5.95 Å². The zero-order valence-corrected chi connectivity index (χ0v) is 16.0. The molecule has 2 aromatic rings. The van der Waals surface area contributed by atoms with Crippen LogP contribution in [0.25, 0.3) is 0 Å². The van der Waals surface area contributed by atoms with Crippen LogP contribution in [-0.2, 0) is 6.18 Å². The van der Waals surface area contributed by atoms with E-state index in [1.165, 1.54) is 11.9 Å². The number of hydrogen-bond acceptors (Lipinski definition) is 5. The van der Waals surface area contributed by atoms with Gasteiger partial charge in [0.1, 0.15) is 16.9 Å². The molecular weight excluding hydrogens is 404 g/mol. The van der Waals surface area contributed by atoms with Gasteiger partial charge in [0.05, 0.1) is 0 Å². The Labute approximate surface area is 163 Å². The van der Waals surface area contributed by atoms with Crippen molar-refractivity contribution in [3.05, 3.63) is 36.0 Å². The van der Waals surface area contributed by atoms with Crippen LogP contribution in [0.15, 0.2) is 30.5 Å². The van der Waals surface area contributed by atoms with Crippen LogP contribution in [0.3, 0.4) is 0 Å². The highest BCUT2D eigenvalue weighted by atomic mass is 19.4. The second-order valence-corrected chi connectivity index (χ2v) is 7.06. The van der Waals surface area contributed by atoms with Gasteiger partial charge >= 0.3 is 12.4 Å². The highest BCUT2D eigenvalue weighted by Gasteiger charge is 2.38. The first-order valence-electron chi connectivity index (χ1n) is 8.32. The Morgan fingerprint density at radius 2 is 1.69 bits per heavy atom. The molecule has 5 nitrogen and oxygen atoms in total. The van der Waals surface area contributed by atoms with Crippen LogP contribution in [0, 0.1) is 0 Å². The Morgan fingerprint density at radius 3 is 2.24 bits per heavy atom. The van der Waals surface area contributed by atoms with Gasteiger partial charge in [0.2, 0.25) is 11.8 Å². The third-order valence-corrected chi connectivity index (χ3v) is 3.35. The van der Waals surface area contributed by atoms with Crippen molar-refractivity contribution in [3.8, 4) is 11.6 Å². The van der Waals surface area contributed by atoms with E-state index in [0.29, 0.717) is 17.6 Å². The van der Waals surface area contributed by atoms with Crippen LogP contribution in [0.1, 0.15) is 26.3 Å². The first kappa shape index (κ1) is 22.6. The predicted molar refractivity (Wildman–Crippen MR) is 93.5 cm³/mol. The molecule has 1 aromatic carbocycles. The fraction of sp³-hybridized carbons (Fsp3) is 0.444. The fourth-order valence-electron chi connectivity index (χ4n) is 2.20. The largest absolute Gasteiger partial charge is 0.488 e. The van der Waals surface area contributed by atoms with Gasteiger partial charge in [0.25, 0.3) is 0 Å². The molecule has 2 rings (SSSR count). The van der Waals surface area contributed by atoms with E-state index >= 15 is 0 Å². The van der Waals surface area contributed by atoms with Crippen molar-refractivity contribution in [2.45, 2.75) is 38.7 Å². The summed E-state index contributed by atoms with van der Waals surface area (Å²) in [7, 11) is 1.45. The second-order valence-electron chi connectivity index (χ2n) is 7.06. The highest BCUT2D eigenvalue weighted by Crippen LogP contribution is 2.37. The highest BCUT2D eigenvalue weighted by molar-refractivity contribution is 5.59.